The quantitative estimate of drug-likeness (QED) is 0.443. The molecule has 0 heterocycles. The summed E-state index contributed by atoms with van der Waals surface area (Å²) < 4.78 is 62.6. The third-order valence-corrected chi connectivity index (χ3v) is 1.14. The lowest BCUT2D eigenvalue weighted by Gasteiger charge is -1.96. The molecule has 0 aromatic rings. The highest BCUT2D eigenvalue weighted by Gasteiger charge is 2.13. The average Bonchev–Trinajstić information content (AvgIpc) is 1.93. The van der Waals surface area contributed by atoms with E-state index in [1.807, 2.05) is 0 Å². The van der Waals surface area contributed by atoms with Gasteiger partial charge in [-0.1, -0.05) is 0 Å². The Bertz CT molecular complexity index is 448. The minimum atomic E-state index is -4.81. The number of rotatable bonds is 4. The minimum absolute atomic E-state index is 0.547. The molecule has 4 N–H and O–H groups in total. The fourth-order valence-electron chi connectivity index (χ4n) is 0.368. The SMILES string of the molecule is O=C(O)CCC(=O)OS(=O)(=O)O.O=S(=O)(O)O. The molecule has 0 amide bonds. The van der Waals surface area contributed by atoms with Crippen molar-refractivity contribution in [1.29, 1.82) is 0 Å². The van der Waals surface area contributed by atoms with E-state index in [-0.39, 0.29) is 0 Å². The van der Waals surface area contributed by atoms with Gasteiger partial charge in [-0.15, -0.1) is 0 Å². The van der Waals surface area contributed by atoms with Crippen LogP contribution in [0.2, 0.25) is 0 Å². The molecule has 0 fully saturated rings. The number of carbonyl (C=O) groups is 2. The van der Waals surface area contributed by atoms with E-state index in [9.17, 15) is 18.0 Å². The lowest BCUT2D eigenvalue weighted by molar-refractivity contribution is -0.142. The predicted octanol–water partition coefficient (Wildman–Crippen LogP) is -1.46. The fraction of sp³-hybridized carbons (Fsp3) is 0.500. The van der Waals surface area contributed by atoms with Crippen molar-refractivity contribution in [2.45, 2.75) is 12.8 Å². The number of hydrogen-bond donors (Lipinski definition) is 4. The molecular weight excluding hydrogens is 288 g/mol. The third kappa shape index (κ3) is 31.3. The van der Waals surface area contributed by atoms with Crippen molar-refractivity contribution in [3.8, 4) is 0 Å². The van der Waals surface area contributed by atoms with Gasteiger partial charge in [-0.3, -0.25) is 23.2 Å². The van der Waals surface area contributed by atoms with Crippen LogP contribution in [-0.4, -0.2) is 47.5 Å². The van der Waals surface area contributed by atoms with E-state index >= 15 is 0 Å². The first-order valence-electron chi connectivity index (χ1n) is 3.42. The Balaban J connectivity index is 0. The Morgan fingerprint density at radius 1 is 0.941 bits per heavy atom. The normalized spacial score (nSPS) is 11.0. The molecule has 13 heteroatoms. The van der Waals surface area contributed by atoms with Crippen LogP contribution in [0.4, 0.5) is 0 Å². The first-order chi connectivity index (χ1) is 7.31. The molecule has 0 rings (SSSR count). The second kappa shape index (κ2) is 7.13. The summed E-state index contributed by atoms with van der Waals surface area (Å²) in [5, 5.41) is 8.04. The zero-order valence-corrected chi connectivity index (χ0v) is 9.51. The van der Waals surface area contributed by atoms with Crippen LogP contribution in [0.1, 0.15) is 12.8 Å². The standard InChI is InChI=1S/C4H6O7S.H2O4S/c5-3(6)1-2-4(7)11-12(8,9)10;1-5(2,3)4/h1-2H2,(H,5,6)(H,8,9,10);(H2,1,2,3,4). The molecule has 0 bridgehead atoms. The van der Waals surface area contributed by atoms with Crippen molar-refractivity contribution >= 4 is 32.7 Å². The summed E-state index contributed by atoms with van der Waals surface area (Å²) in [6.07, 6.45) is -1.15. The molecule has 0 atom stereocenters. The third-order valence-electron chi connectivity index (χ3n) is 0.741. The maximum Gasteiger partial charge on any atom is 0.448 e. The van der Waals surface area contributed by atoms with Gasteiger partial charge < -0.3 is 9.29 Å². The molecule has 0 aliphatic heterocycles. The van der Waals surface area contributed by atoms with Gasteiger partial charge in [-0.25, -0.2) is 0 Å². The summed E-state index contributed by atoms with van der Waals surface area (Å²) in [4.78, 5) is 20.2. The second-order valence-electron chi connectivity index (χ2n) is 2.22. The summed E-state index contributed by atoms with van der Waals surface area (Å²) in [5.74, 6) is -2.57. The lowest BCUT2D eigenvalue weighted by atomic mass is 10.3. The molecule has 0 aromatic heterocycles. The molecular formula is C4H8O11S2. The van der Waals surface area contributed by atoms with Gasteiger partial charge in [0.1, 0.15) is 0 Å². The first-order valence-corrected chi connectivity index (χ1v) is 6.19. The van der Waals surface area contributed by atoms with Gasteiger partial charge in [0.05, 0.1) is 12.8 Å². The molecule has 0 aliphatic rings. The molecule has 0 radical (unpaired) electrons. The fourth-order valence-corrected chi connectivity index (χ4v) is 0.686. The molecule has 17 heavy (non-hydrogen) atoms. The number of carboxylic acids is 1. The Morgan fingerprint density at radius 3 is 1.53 bits per heavy atom. The largest absolute Gasteiger partial charge is 0.481 e. The van der Waals surface area contributed by atoms with Gasteiger partial charge in [0, 0.05) is 0 Å². The zero-order chi connectivity index (χ0) is 14.3. The molecule has 0 saturated heterocycles. The van der Waals surface area contributed by atoms with Gasteiger partial charge in [-0.2, -0.15) is 16.8 Å². The number of aliphatic carboxylic acids is 1. The van der Waals surface area contributed by atoms with Crippen molar-refractivity contribution in [1.82, 2.24) is 0 Å². The Hall–Kier alpha value is -1.28. The van der Waals surface area contributed by atoms with Crippen LogP contribution in [0.3, 0.4) is 0 Å². The second-order valence-corrected chi connectivity index (χ2v) is 4.14. The lowest BCUT2D eigenvalue weighted by Crippen LogP contribution is -2.12. The number of hydrogen-bond acceptors (Lipinski definition) is 7. The van der Waals surface area contributed by atoms with Crippen LogP contribution in [0.15, 0.2) is 0 Å². The highest BCUT2D eigenvalue weighted by atomic mass is 32.3. The molecule has 0 spiro atoms. The van der Waals surface area contributed by atoms with E-state index in [2.05, 4.69) is 4.18 Å². The topological polar surface area (TPSA) is 193 Å². The van der Waals surface area contributed by atoms with E-state index in [4.69, 9.17) is 27.2 Å². The summed E-state index contributed by atoms with van der Waals surface area (Å²) in [5.41, 5.74) is 0. The van der Waals surface area contributed by atoms with Crippen molar-refractivity contribution in [3.05, 3.63) is 0 Å². The molecule has 102 valence electrons. The monoisotopic (exact) mass is 296 g/mol. The van der Waals surface area contributed by atoms with Gasteiger partial charge in [0.2, 0.25) is 0 Å². The molecule has 0 saturated carbocycles. The highest BCUT2D eigenvalue weighted by Crippen LogP contribution is 1.96. The van der Waals surface area contributed by atoms with Gasteiger partial charge in [0.15, 0.2) is 0 Å². The van der Waals surface area contributed by atoms with Crippen LogP contribution >= 0.6 is 0 Å². The van der Waals surface area contributed by atoms with E-state index in [1.54, 1.807) is 0 Å². The van der Waals surface area contributed by atoms with Crippen LogP contribution in [-0.2, 0) is 34.6 Å². The van der Waals surface area contributed by atoms with E-state index < -0.39 is 45.6 Å². The van der Waals surface area contributed by atoms with Crippen molar-refractivity contribution < 1.29 is 49.4 Å². The molecule has 11 nitrogen and oxygen atoms in total. The summed E-state index contributed by atoms with van der Waals surface area (Å²) in [6, 6.07) is 0. The first kappa shape index (κ1) is 18.1. The summed E-state index contributed by atoms with van der Waals surface area (Å²) >= 11 is 0. The van der Waals surface area contributed by atoms with Crippen molar-refractivity contribution in [2.75, 3.05) is 0 Å². The summed E-state index contributed by atoms with van der Waals surface area (Å²) in [7, 11) is -9.48. The van der Waals surface area contributed by atoms with Crippen LogP contribution < -0.4 is 0 Å². The minimum Gasteiger partial charge on any atom is -0.481 e. The Labute approximate surface area is 95.5 Å². The zero-order valence-electron chi connectivity index (χ0n) is 7.88. The Morgan fingerprint density at radius 2 is 1.29 bits per heavy atom. The van der Waals surface area contributed by atoms with Crippen LogP contribution in [0.25, 0.3) is 0 Å². The smallest absolute Gasteiger partial charge is 0.448 e. The summed E-state index contributed by atoms with van der Waals surface area (Å²) in [6.45, 7) is 0. The van der Waals surface area contributed by atoms with Crippen molar-refractivity contribution in [3.63, 3.8) is 0 Å². The van der Waals surface area contributed by atoms with Crippen LogP contribution in [0, 0.1) is 0 Å². The van der Waals surface area contributed by atoms with Gasteiger partial charge in [-0.05, 0) is 0 Å². The van der Waals surface area contributed by atoms with Gasteiger partial charge >= 0.3 is 32.7 Å². The maximum absolute atomic E-state index is 10.3. The average molecular weight is 296 g/mol. The van der Waals surface area contributed by atoms with E-state index in [0.29, 0.717) is 0 Å². The van der Waals surface area contributed by atoms with E-state index in [0.717, 1.165) is 0 Å². The van der Waals surface area contributed by atoms with Gasteiger partial charge in [0.25, 0.3) is 0 Å². The van der Waals surface area contributed by atoms with Crippen molar-refractivity contribution in [2.24, 2.45) is 0 Å². The Kier molecular flexibility index (Phi) is 7.58. The maximum atomic E-state index is 10.3. The number of carboxylic acid groups (broad SMARTS) is 1. The molecule has 0 aliphatic carbocycles. The van der Waals surface area contributed by atoms with Crippen LogP contribution in [0.5, 0.6) is 0 Å². The highest BCUT2D eigenvalue weighted by molar-refractivity contribution is 7.81. The molecule has 0 unspecified atom stereocenters. The number of carbonyl (C=O) groups excluding carboxylic acids is 1. The van der Waals surface area contributed by atoms with E-state index in [1.165, 1.54) is 0 Å². The predicted molar refractivity (Wildman–Crippen MR) is 48.7 cm³/mol. The molecule has 0 aromatic carbocycles.